The average molecular weight is 359 g/mol. The summed E-state index contributed by atoms with van der Waals surface area (Å²) < 4.78 is 20.8. The van der Waals surface area contributed by atoms with Crippen LogP contribution in [0.1, 0.15) is 12.5 Å². The molecule has 2 rings (SSSR count). The zero-order valence-electron chi connectivity index (χ0n) is 13.0. The maximum absolute atomic E-state index is 11.1. The fraction of sp³-hybridized carbons (Fsp3) is 0.500. The van der Waals surface area contributed by atoms with Crippen LogP contribution in [0.15, 0.2) is 30.3 Å². The van der Waals surface area contributed by atoms with E-state index in [0.29, 0.717) is 0 Å². The van der Waals surface area contributed by atoms with E-state index in [1.807, 2.05) is 30.3 Å². The summed E-state index contributed by atoms with van der Waals surface area (Å²) in [5, 5.41) is 10.2. The van der Waals surface area contributed by atoms with Crippen molar-refractivity contribution in [2.45, 2.75) is 38.1 Å². The fourth-order valence-electron chi connectivity index (χ4n) is 2.68. The van der Waals surface area contributed by atoms with Crippen LogP contribution in [0.5, 0.6) is 0 Å². The molecule has 1 aliphatic rings. The summed E-state index contributed by atoms with van der Waals surface area (Å²) in [6, 6.07) is 9.41. The molecule has 24 heavy (non-hydrogen) atoms. The molecule has 0 aromatic heterocycles. The third kappa shape index (κ3) is 4.91. The number of rotatable bonds is 7. The van der Waals surface area contributed by atoms with Gasteiger partial charge in [0.2, 0.25) is 0 Å². The second-order valence-corrected chi connectivity index (χ2v) is 5.74. The molecule has 2 unspecified atom stereocenters. The Morgan fingerprint density at radius 3 is 2.67 bits per heavy atom. The Kier molecular flexibility index (Phi) is 6.99. The van der Waals surface area contributed by atoms with Gasteiger partial charge in [-0.2, -0.15) is 0 Å². The Hall–Kier alpha value is -1.67. The number of aliphatic hydroxyl groups is 1. The van der Waals surface area contributed by atoms with Crippen molar-refractivity contribution in [3.63, 3.8) is 0 Å². The molecular weight excluding hydrogens is 340 g/mol. The molecule has 1 aromatic rings. The lowest BCUT2D eigenvalue weighted by atomic mass is 9.90. The van der Waals surface area contributed by atoms with E-state index in [2.05, 4.69) is 4.74 Å². The van der Waals surface area contributed by atoms with Gasteiger partial charge in [-0.05, 0) is 5.56 Å². The van der Waals surface area contributed by atoms with E-state index in [9.17, 15) is 14.7 Å². The van der Waals surface area contributed by atoms with E-state index in [4.69, 9.17) is 25.8 Å². The van der Waals surface area contributed by atoms with Gasteiger partial charge in [-0.25, -0.2) is 4.79 Å². The minimum absolute atomic E-state index is 0.175. The van der Waals surface area contributed by atoms with E-state index in [0.717, 1.165) is 5.56 Å². The first kappa shape index (κ1) is 18.7. The molecule has 1 heterocycles. The molecule has 1 aliphatic heterocycles. The van der Waals surface area contributed by atoms with Crippen LogP contribution in [-0.2, 0) is 30.3 Å². The van der Waals surface area contributed by atoms with E-state index in [1.54, 1.807) is 6.92 Å². The lowest BCUT2D eigenvalue weighted by Gasteiger charge is -2.42. The number of carbonyl (C=O) groups excluding carboxylic acids is 2. The minimum atomic E-state index is -1.26. The molecule has 132 valence electrons. The minimum Gasteiger partial charge on any atom is -0.465 e. The summed E-state index contributed by atoms with van der Waals surface area (Å²) in [6.07, 6.45) is -3.65. The summed E-state index contributed by atoms with van der Waals surface area (Å²) in [6.45, 7) is 2.07. The van der Waals surface area contributed by atoms with Gasteiger partial charge in [0.15, 0.2) is 6.29 Å². The van der Waals surface area contributed by atoms with Crippen molar-refractivity contribution in [3.8, 4) is 0 Å². The second kappa shape index (κ2) is 8.98. The molecule has 0 amide bonds. The van der Waals surface area contributed by atoms with Gasteiger partial charge < -0.3 is 24.1 Å². The van der Waals surface area contributed by atoms with Crippen LogP contribution >= 0.6 is 11.6 Å². The van der Waals surface area contributed by atoms with Crippen molar-refractivity contribution in [1.82, 2.24) is 0 Å². The van der Waals surface area contributed by atoms with Crippen molar-refractivity contribution in [2.24, 2.45) is 5.92 Å². The third-order valence-corrected chi connectivity index (χ3v) is 3.93. The predicted octanol–water partition coefficient (Wildman–Crippen LogP) is 1.84. The summed E-state index contributed by atoms with van der Waals surface area (Å²) in [4.78, 5) is 21.5. The number of ether oxygens (including phenoxy) is 4. The maximum Gasteiger partial charge on any atom is 0.404 e. The van der Waals surface area contributed by atoms with Gasteiger partial charge in [-0.15, -0.1) is 0 Å². The molecule has 0 spiro atoms. The average Bonchev–Trinajstić information content (AvgIpc) is 2.56. The van der Waals surface area contributed by atoms with E-state index in [-0.39, 0.29) is 19.7 Å². The Morgan fingerprint density at radius 1 is 1.33 bits per heavy atom. The van der Waals surface area contributed by atoms with Crippen LogP contribution in [-0.4, -0.2) is 48.2 Å². The molecule has 1 saturated heterocycles. The van der Waals surface area contributed by atoms with Gasteiger partial charge in [0.1, 0.15) is 24.9 Å². The monoisotopic (exact) mass is 358 g/mol. The van der Waals surface area contributed by atoms with E-state index in [1.165, 1.54) is 0 Å². The molecule has 1 aromatic carbocycles. The Labute approximate surface area is 144 Å². The first-order valence-corrected chi connectivity index (χ1v) is 7.81. The molecule has 0 radical (unpaired) electrons. The van der Waals surface area contributed by atoms with Gasteiger partial charge in [0.05, 0.1) is 6.61 Å². The summed E-state index contributed by atoms with van der Waals surface area (Å²) in [5.41, 5.74) is -0.0843. The standard InChI is InChI=1S/C16H19ClO7/c1-10-13(24-16(17)20)12(8-21-9-18)23-15(19)14(10)22-7-11-5-3-2-4-6-11/h2-6,9-10,12-15,19H,7-8H2,1H3/t10-,12?,13-,14?,15+/m0/s1. The number of hydrogen-bond donors (Lipinski definition) is 1. The highest BCUT2D eigenvalue weighted by molar-refractivity contribution is 6.61. The van der Waals surface area contributed by atoms with Gasteiger partial charge >= 0.3 is 5.43 Å². The van der Waals surface area contributed by atoms with Crippen molar-refractivity contribution in [3.05, 3.63) is 35.9 Å². The van der Waals surface area contributed by atoms with Gasteiger partial charge in [0, 0.05) is 17.5 Å². The van der Waals surface area contributed by atoms with Gasteiger partial charge in [-0.3, -0.25) is 4.79 Å². The zero-order chi connectivity index (χ0) is 17.5. The quantitative estimate of drug-likeness (QED) is 0.587. The molecule has 1 fully saturated rings. The molecule has 5 atom stereocenters. The Balaban J connectivity index is 2.05. The molecule has 7 nitrogen and oxygen atoms in total. The van der Waals surface area contributed by atoms with E-state index >= 15 is 0 Å². The first-order valence-electron chi connectivity index (χ1n) is 7.43. The van der Waals surface area contributed by atoms with Crippen LogP contribution in [0.4, 0.5) is 4.79 Å². The predicted molar refractivity (Wildman–Crippen MR) is 83.2 cm³/mol. The molecule has 0 bridgehead atoms. The summed E-state index contributed by atoms with van der Waals surface area (Å²) in [5.74, 6) is -0.430. The van der Waals surface area contributed by atoms with Gasteiger partial charge in [-0.1, -0.05) is 37.3 Å². The number of halogens is 1. The van der Waals surface area contributed by atoms with E-state index < -0.39 is 35.9 Å². The Morgan fingerprint density at radius 2 is 2.04 bits per heavy atom. The summed E-state index contributed by atoms with van der Waals surface area (Å²) in [7, 11) is 0. The van der Waals surface area contributed by atoms with Crippen LogP contribution in [0, 0.1) is 5.92 Å². The lowest BCUT2D eigenvalue weighted by molar-refractivity contribution is -0.282. The summed E-state index contributed by atoms with van der Waals surface area (Å²) >= 11 is 5.30. The molecule has 1 N–H and O–H groups in total. The second-order valence-electron chi connectivity index (χ2n) is 5.44. The molecule has 8 heteroatoms. The highest BCUT2D eigenvalue weighted by Crippen LogP contribution is 2.30. The zero-order valence-corrected chi connectivity index (χ0v) is 13.8. The van der Waals surface area contributed by atoms with Gasteiger partial charge in [0.25, 0.3) is 6.47 Å². The number of hydrogen-bond acceptors (Lipinski definition) is 7. The highest BCUT2D eigenvalue weighted by atomic mass is 35.5. The number of aliphatic hydroxyl groups excluding tert-OH is 1. The van der Waals surface area contributed by atoms with Crippen molar-refractivity contribution in [2.75, 3.05) is 6.61 Å². The largest absolute Gasteiger partial charge is 0.465 e. The van der Waals surface area contributed by atoms with Crippen LogP contribution in [0.25, 0.3) is 0 Å². The fourth-order valence-corrected chi connectivity index (χ4v) is 2.78. The first-order chi connectivity index (χ1) is 11.5. The normalized spacial score (nSPS) is 29.7. The Bertz CT molecular complexity index is 538. The van der Waals surface area contributed by atoms with Crippen LogP contribution < -0.4 is 0 Å². The molecule has 0 saturated carbocycles. The lowest BCUT2D eigenvalue weighted by Crippen LogP contribution is -2.56. The topological polar surface area (TPSA) is 91.3 Å². The maximum atomic E-state index is 11.1. The third-order valence-electron chi connectivity index (χ3n) is 3.84. The molecule has 0 aliphatic carbocycles. The number of carbonyl (C=O) groups is 2. The van der Waals surface area contributed by atoms with Crippen LogP contribution in [0.2, 0.25) is 0 Å². The SMILES string of the molecule is C[C@@H]1C(OCc2ccccc2)[C@H](O)OC(COC=O)[C@H]1OC(=O)Cl. The smallest absolute Gasteiger partial charge is 0.404 e. The van der Waals surface area contributed by atoms with Crippen molar-refractivity contribution < 1.29 is 33.6 Å². The highest BCUT2D eigenvalue weighted by Gasteiger charge is 2.46. The number of benzene rings is 1. The molecular formula is C16H19ClO7. The van der Waals surface area contributed by atoms with Crippen molar-refractivity contribution in [1.29, 1.82) is 0 Å². The van der Waals surface area contributed by atoms with Crippen molar-refractivity contribution >= 4 is 23.5 Å². The van der Waals surface area contributed by atoms with Crippen LogP contribution in [0.3, 0.4) is 0 Å².